The second-order valence-corrected chi connectivity index (χ2v) is 9.93. The maximum atomic E-state index is 10.7. The van der Waals surface area contributed by atoms with Crippen LogP contribution in [0.2, 0.25) is 0 Å². The number of rotatable bonds is 13. The van der Waals surface area contributed by atoms with Crippen LogP contribution in [0.3, 0.4) is 0 Å². The largest absolute Gasteiger partial charge is 0.493 e. The van der Waals surface area contributed by atoms with Crippen molar-refractivity contribution in [3.8, 4) is 5.75 Å². The van der Waals surface area contributed by atoms with E-state index in [-0.39, 0.29) is 12.5 Å². The van der Waals surface area contributed by atoms with Crippen molar-refractivity contribution >= 4 is 5.97 Å². The Hall–Kier alpha value is -3.01. The summed E-state index contributed by atoms with van der Waals surface area (Å²) in [6.45, 7) is 15.4. The highest BCUT2D eigenvalue weighted by Gasteiger charge is 2.11. The van der Waals surface area contributed by atoms with Crippen molar-refractivity contribution in [3.63, 3.8) is 0 Å². The van der Waals surface area contributed by atoms with Crippen molar-refractivity contribution in [1.29, 1.82) is 0 Å². The Morgan fingerprint density at radius 2 is 1.89 bits per heavy atom. The number of allylic oxidation sites excluding steroid dienone is 9. The molecule has 1 aromatic rings. The maximum Gasteiger partial charge on any atom is 0.303 e. The van der Waals surface area contributed by atoms with Gasteiger partial charge in [-0.05, 0) is 94.2 Å². The number of carboxylic acids is 1. The molecule has 1 aliphatic carbocycles. The van der Waals surface area contributed by atoms with Gasteiger partial charge >= 0.3 is 5.97 Å². The first-order valence-corrected chi connectivity index (χ1v) is 13.6. The van der Waals surface area contributed by atoms with Crippen LogP contribution in [0.5, 0.6) is 5.75 Å². The molecular weight excluding hydrogens is 460 g/mol. The van der Waals surface area contributed by atoms with Gasteiger partial charge < -0.3 is 14.6 Å². The highest BCUT2D eigenvalue weighted by Crippen LogP contribution is 2.23. The lowest BCUT2D eigenvalue weighted by Gasteiger charge is -2.18. The number of aryl methyl sites for hydroxylation is 2. The summed E-state index contributed by atoms with van der Waals surface area (Å²) < 4.78 is 12.0. The Balaban J connectivity index is 0.000000649. The molecule has 1 N–H and O–H groups in total. The average Bonchev–Trinajstić information content (AvgIpc) is 3.02. The second-order valence-electron chi connectivity index (χ2n) is 9.93. The van der Waals surface area contributed by atoms with Gasteiger partial charge in [0.15, 0.2) is 0 Å². The number of hydrogen-bond donors (Lipinski definition) is 1. The van der Waals surface area contributed by atoms with Gasteiger partial charge in [0.05, 0.1) is 12.7 Å². The van der Waals surface area contributed by atoms with Crippen molar-refractivity contribution in [2.24, 2.45) is 5.92 Å². The van der Waals surface area contributed by atoms with Crippen molar-refractivity contribution < 1.29 is 19.4 Å². The van der Waals surface area contributed by atoms with Gasteiger partial charge in [-0.3, -0.25) is 4.79 Å². The van der Waals surface area contributed by atoms with Gasteiger partial charge in [-0.2, -0.15) is 0 Å². The fraction of sp³-hybridized carbons (Fsp3) is 0.485. The molecule has 0 aromatic heterocycles. The first-order valence-electron chi connectivity index (χ1n) is 13.6. The summed E-state index contributed by atoms with van der Waals surface area (Å²) in [5, 5.41) is 8.82. The minimum atomic E-state index is -0.774. The molecule has 37 heavy (non-hydrogen) atoms. The zero-order valence-corrected chi connectivity index (χ0v) is 24.0. The third kappa shape index (κ3) is 14.3. The molecule has 0 spiro atoms. The van der Waals surface area contributed by atoms with Crippen molar-refractivity contribution in [2.45, 2.75) is 93.1 Å². The summed E-state index contributed by atoms with van der Waals surface area (Å²) in [6, 6.07) is 5.84. The zero-order valence-electron chi connectivity index (χ0n) is 24.0. The zero-order chi connectivity index (χ0) is 27.6. The predicted molar refractivity (Wildman–Crippen MR) is 156 cm³/mol. The van der Waals surface area contributed by atoms with Crippen LogP contribution in [-0.2, 0) is 16.0 Å². The van der Waals surface area contributed by atoms with E-state index in [1.807, 2.05) is 38.1 Å². The Kier molecular flexibility index (Phi) is 15.8. The number of ether oxygens (including phenoxy) is 2. The summed E-state index contributed by atoms with van der Waals surface area (Å²) in [5.74, 6) is 1.76. The first kappa shape index (κ1) is 32.0. The number of aliphatic carboxylic acids is 1. The SMILES string of the molecule is C/C=C\C=C/CC(C)C.CCC1=CC=C(OC(C)CCOc2ccc(CCC(=O)O)c(C)c2)C(C)=CC1. The van der Waals surface area contributed by atoms with E-state index in [4.69, 9.17) is 14.6 Å². The lowest BCUT2D eigenvalue weighted by atomic mass is 10.0. The van der Waals surface area contributed by atoms with E-state index < -0.39 is 5.97 Å². The standard InChI is InChI=1S/C24H32O4.C9H16/c1-5-20-7-6-17(2)23(12-8-20)28-19(4)14-15-27-22-11-9-21(18(3)16-22)10-13-24(25)26;1-4-5-6-7-8-9(2)3/h6,8-9,11-12,16,19H,5,7,10,13-15H2,1-4H3,(H,25,26);4-7,9H,8H2,1-3H3/b;5-4-,7-6-. The summed E-state index contributed by atoms with van der Waals surface area (Å²) >= 11 is 0. The van der Waals surface area contributed by atoms with Crippen LogP contribution in [-0.4, -0.2) is 23.8 Å². The molecule has 1 aliphatic rings. The molecule has 2 rings (SSSR count). The average molecular weight is 509 g/mol. The van der Waals surface area contributed by atoms with Gasteiger partial charge in [0.1, 0.15) is 11.5 Å². The number of benzene rings is 1. The lowest BCUT2D eigenvalue weighted by Crippen LogP contribution is -2.13. The van der Waals surface area contributed by atoms with E-state index >= 15 is 0 Å². The van der Waals surface area contributed by atoms with E-state index in [0.717, 1.165) is 47.8 Å². The van der Waals surface area contributed by atoms with Crippen molar-refractivity contribution in [3.05, 3.63) is 88.8 Å². The van der Waals surface area contributed by atoms with Gasteiger partial charge in [0.25, 0.3) is 0 Å². The smallest absolute Gasteiger partial charge is 0.303 e. The highest BCUT2D eigenvalue weighted by atomic mass is 16.5. The summed E-state index contributed by atoms with van der Waals surface area (Å²) in [6.07, 6.45) is 19.6. The van der Waals surface area contributed by atoms with Crippen LogP contribution in [0.25, 0.3) is 0 Å². The van der Waals surface area contributed by atoms with Crippen molar-refractivity contribution in [1.82, 2.24) is 0 Å². The molecule has 1 unspecified atom stereocenters. The Bertz CT molecular complexity index is 976. The minimum absolute atomic E-state index is 0.0575. The third-order valence-corrected chi connectivity index (χ3v) is 6.07. The molecule has 4 heteroatoms. The molecule has 4 nitrogen and oxygen atoms in total. The first-order chi connectivity index (χ1) is 17.7. The van der Waals surface area contributed by atoms with E-state index in [1.165, 1.54) is 17.6 Å². The van der Waals surface area contributed by atoms with Crippen LogP contribution in [0.1, 0.15) is 84.8 Å². The van der Waals surface area contributed by atoms with Gasteiger partial charge in [-0.15, -0.1) is 0 Å². The lowest BCUT2D eigenvalue weighted by molar-refractivity contribution is -0.136. The highest BCUT2D eigenvalue weighted by molar-refractivity contribution is 5.67. The van der Waals surface area contributed by atoms with Crippen LogP contribution < -0.4 is 4.74 Å². The van der Waals surface area contributed by atoms with Crippen LogP contribution in [0.4, 0.5) is 0 Å². The number of hydrogen-bond acceptors (Lipinski definition) is 3. The molecule has 0 bridgehead atoms. The molecule has 0 radical (unpaired) electrons. The van der Waals surface area contributed by atoms with Gasteiger partial charge in [-0.25, -0.2) is 0 Å². The van der Waals surface area contributed by atoms with E-state index in [9.17, 15) is 4.79 Å². The molecule has 0 heterocycles. The summed E-state index contributed by atoms with van der Waals surface area (Å²) in [7, 11) is 0. The van der Waals surface area contributed by atoms with E-state index in [1.54, 1.807) is 0 Å². The Morgan fingerprint density at radius 3 is 2.51 bits per heavy atom. The monoisotopic (exact) mass is 508 g/mol. The van der Waals surface area contributed by atoms with Crippen LogP contribution >= 0.6 is 0 Å². The molecule has 0 amide bonds. The molecule has 0 aliphatic heterocycles. The normalized spacial score (nSPS) is 14.4. The molecule has 1 aromatic carbocycles. The van der Waals surface area contributed by atoms with Crippen molar-refractivity contribution in [2.75, 3.05) is 6.61 Å². The predicted octanol–water partition coefficient (Wildman–Crippen LogP) is 8.92. The quantitative estimate of drug-likeness (QED) is 0.270. The van der Waals surface area contributed by atoms with E-state index in [2.05, 4.69) is 71.1 Å². The number of carbonyl (C=O) groups is 1. The van der Waals surface area contributed by atoms with E-state index in [0.29, 0.717) is 13.0 Å². The Morgan fingerprint density at radius 1 is 1.14 bits per heavy atom. The van der Waals surface area contributed by atoms with Gasteiger partial charge in [-0.1, -0.05) is 68.9 Å². The molecule has 0 saturated heterocycles. The molecular formula is C33H48O4. The molecule has 0 fully saturated rings. The van der Waals surface area contributed by atoms with Crippen LogP contribution in [0.15, 0.2) is 77.6 Å². The molecule has 0 saturated carbocycles. The minimum Gasteiger partial charge on any atom is -0.493 e. The van der Waals surface area contributed by atoms with Crippen LogP contribution in [0, 0.1) is 12.8 Å². The second kappa shape index (κ2) is 18.3. The molecule has 204 valence electrons. The third-order valence-electron chi connectivity index (χ3n) is 6.07. The maximum absolute atomic E-state index is 10.7. The fourth-order valence-corrected chi connectivity index (χ4v) is 3.61. The van der Waals surface area contributed by atoms with Gasteiger partial charge in [0, 0.05) is 12.8 Å². The fourth-order valence-electron chi connectivity index (χ4n) is 3.61. The molecule has 1 atom stereocenters. The number of carboxylic acid groups (broad SMARTS) is 1. The van der Waals surface area contributed by atoms with Gasteiger partial charge in [0.2, 0.25) is 0 Å². The summed E-state index contributed by atoms with van der Waals surface area (Å²) in [5.41, 5.74) is 4.70. The topological polar surface area (TPSA) is 55.8 Å². The Labute approximate surface area is 225 Å². The summed E-state index contributed by atoms with van der Waals surface area (Å²) in [4.78, 5) is 10.7.